The lowest BCUT2D eigenvalue weighted by Gasteiger charge is -2.12. The number of nitrogens with zero attached hydrogens (tertiary/aromatic N) is 3. The highest BCUT2D eigenvalue weighted by Crippen LogP contribution is 2.39. The molecule has 0 radical (unpaired) electrons. The number of benzene rings is 6. The normalized spacial score (nSPS) is 12.0. The molecule has 0 atom stereocenters. The molecule has 0 unspecified atom stereocenters. The van der Waals surface area contributed by atoms with Gasteiger partial charge in [-0.1, -0.05) is 91.0 Å². The van der Waals surface area contributed by atoms with Crippen LogP contribution in [0.25, 0.3) is 82.6 Å². The predicted molar refractivity (Wildman–Crippen MR) is 164 cm³/mol. The van der Waals surface area contributed by atoms with E-state index in [2.05, 4.69) is 102 Å². The second-order valence-electron chi connectivity index (χ2n) is 10.2. The van der Waals surface area contributed by atoms with E-state index in [4.69, 9.17) is 14.4 Å². The molecule has 186 valence electrons. The van der Waals surface area contributed by atoms with Gasteiger partial charge in [0.25, 0.3) is 0 Å². The van der Waals surface area contributed by atoms with Gasteiger partial charge in [0.15, 0.2) is 0 Å². The lowest BCUT2D eigenvalue weighted by Crippen LogP contribution is -2.03. The molecule has 6 aromatic carbocycles. The molecule has 40 heavy (non-hydrogen) atoms. The predicted octanol–water partition coefficient (Wildman–Crippen LogP) is 9.45. The Balaban J connectivity index is 1.41. The molecule has 0 fully saturated rings. The maximum Gasteiger partial charge on any atom is 0.235 e. The maximum absolute atomic E-state index is 6.44. The highest BCUT2D eigenvalue weighted by molar-refractivity contribution is 6.14. The van der Waals surface area contributed by atoms with Gasteiger partial charge in [0.1, 0.15) is 11.2 Å². The van der Waals surface area contributed by atoms with Crippen molar-refractivity contribution < 1.29 is 4.42 Å². The first-order valence-corrected chi connectivity index (χ1v) is 13.4. The Labute approximate surface area is 228 Å². The molecule has 0 aliphatic heterocycles. The molecule has 0 aliphatic carbocycles. The lowest BCUT2D eigenvalue weighted by atomic mass is 10.0. The van der Waals surface area contributed by atoms with E-state index in [1.807, 2.05) is 30.3 Å². The first-order chi connectivity index (χ1) is 19.8. The molecule has 4 heteroatoms. The van der Waals surface area contributed by atoms with Gasteiger partial charge in [-0.05, 0) is 47.2 Å². The molecule has 0 spiro atoms. The molecule has 3 heterocycles. The van der Waals surface area contributed by atoms with E-state index in [-0.39, 0.29) is 0 Å². The zero-order valence-electron chi connectivity index (χ0n) is 21.4. The Kier molecular flexibility index (Phi) is 4.30. The largest absolute Gasteiger partial charge is 0.455 e. The fourth-order valence-corrected chi connectivity index (χ4v) is 6.17. The van der Waals surface area contributed by atoms with Crippen molar-refractivity contribution in [1.82, 2.24) is 14.5 Å². The van der Waals surface area contributed by atoms with Crippen LogP contribution in [0.1, 0.15) is 0 Å². The smallest absolute Gasteiger partial charge is 0.235 e. The van der Waals surface area contributed by atoms with Crippen molar-refractivity contribution in [2.24, 2.45) is 0 Å². The fraction of sp³-hybridized carbons (Fsp3) is 0. The number of rotatable bonds is 2. The van der Waals surface area contributed by atoms with E-state index in [9.17, 15) is 0 Å². The summed E-state index contributed by atoms with van der Waals surface area (Å²) in [5.41, 5.74) is 6.59. The van der Waals surface area contributed by atoms with Crippen LogP contribution in [0.3, 0.4) is 0 Å². The molecule has 0 amide bonds. The van der Waals surface area contributed by atoms with E-state index in [0.29, 0.717) is 5.95 Å². The molecule has 0 saturated heterocycles. The summed E-state index contributed by atoms with van der Waals surface area (Å²) in [5.74, 6) is 0.642. The Bertz CT molecular complexity index is 2450. The number of para-hydroxylation sites is 4. The van der Waals surface area contributed by atoms with Gasteiger partial charge in [0.2, 0.25) is 5.95 Å². The summed E-state index contributed by atoms with van der Waals surface area (Å²) >= 11 is 0. The average Bonchev–Trinajstić information content (AvgIpc) is 3.55. The van der Waals surface area contributed by atoms with Crippen LogP contribution in [-0.2, 0) is 0 Å². The van der Waals surface area contributed by atoms with Crippen LogP contribution in [0.5, 0.6) is 0 Å². The monoisotopic (exact) mass is 511 g/mol. The third-order valence-corrected chi connectivity index (χ3v) is 7.99. The third kappa shape index (κ3) is 2.96. The van der Waals surface area contributed by atoms with Crippen molar-refractivity contribution in [2.75, 3.05) is 0 Å². The van der Waals surface area contributed by atoms with Gasteiger partial charge in [0.05, 0.1) is 22.2 Å². The Morgan fingerprint density at radius 2 is 1.20 bits per heavy atom. The van der Waals surface area contributed by atoms with Gasteiger partial charge < -0.3 is 4.42 Å². The minimum absolute atomic E-state index is 0.642. The van der Waals surface area contributed by atoms with Crippen molar-refractivity contribution >= 4 is 65.4 Å². The first kappa shape index (κ1) is 21.5. The van der Waals surface area contributed by atoms with Crippen LogP contribution in [0.15, 0.2) is 132 Å². The number of fused-ring (bicyclic) bond motifs is 8. The zero-order chi connectivity index (χ0) is 26.2. The minimum Gasteiger partial charge on any atom is -0.455 e. The SMILES string of the molecule is c1ccc2cc3c(cc2c1)c1ccccc1n3-c1nc(-c2cccc3c2oc2ccccc23)c2ccccc2n1. The van der Waals surface area contributed by atoms with Crippen LogP contribution >= 0.6 is 0 Å². The quantitative estimate of drug-likeness (QED) is 0.232. The van der Waals surface area contributed by atoms with Crippen molar-refractivity contribution in [3.05, 3.63) is 127 Å². The number of hydrogen-bond donors (Lipinski definition) is 0. The van der Waals surface area contributed by atoms with E-state index < -0.39 is 0 Å². The Morgan fingerprint density at radius 1 is 0.500 bits per heavy atom. The number of hydrogen-bond acceptors (Lipinski definition) is 3. The summed E-state index contributed by atoms with van der Waals surface area (Å²) in [4.78, 5) is 10.4. The molecule has 0 bridgehead atoms. The average molecular weight is 512 g/mol. The zero-order valence-corrected chi connectivity index (χ0v) is 21.4. The highest BCUT2D eigenvalue weighted by atomic mass is 16.3. The Morgan fingerprint density at radius 3 is 2.10 bits per heavy atom. The molecule has 9 rings (SSSR count). The standard InChI is InChI=1S/C36H21N3O/c1-2-11-23-21-32-29(20-22(23)10-1)24-12-4-7-18-31(24)39(32)36-37-30-17-6-3-14-27(30)34(38-36)28-16-9-15-26-25-13-5-8-19-33(25)40-35(26)28/h1-21H. The van der Waals surface area contributed by atoms with E-state index >= 15 is 0 Å². The van der Waals surface area contributed by atoms with Crippen LogP contribution in [-0.4, -0.2) is 14.5 Å². The lowest BCUT2D eigenvalue weighted by molar-refractivity contribution is 0.670. The van der Waals surface area contributed by atoms with E-state index in [1.54, 1.807) is 0 Å². The second-order valence-corrected chi connectivity index (χ2v) is 10.2. The van der Waals surface area contributed by atoms with Crippen molar-refractivity contribution in [1.29, 1.82) is 0 Å². The number of aromatic nitrogens is 3. The summed E-state index contributed by atoms with van der Waals surface area (Å²) in [6, 6.07) is 44.2. The van der Waals surface area contributed by atoms with E-state index in [0.717, 1.165) is 55.1 Å². The van der Waals surface area contributed by atoms with Crippen LogP contribution in [0.4, 0.5) is 0 Å². The van der Waals surface area contributed by atoms with E-state index in [1.165, 1.54) is 21.5 Å². The van der Waals surface area contributed by atoms with Crippen LogP contribution in [0.2, 0.25) is 0 Å². The summed E-state index contributed by atoms with van der Waals surface area (Å²) in [7, 11) is 0. The molecular formula is C36H21N3O. The minimum atomic E-state index is 0.642. The van der Waals surface area contributed by atoms with Gasteiger partial charge in [-0.25, -0.2) is 9.97 Å². The highest BCUT2D eigenvalue weighted by Gasteiger charge is 2.20. The van der Waals surface area contributed by atoms with Gasteiger partial charge in [0, 0.05) is 32.5 Å². The molecule has 4 nitrogen and oxygen atoms in total. The fourth-order valence-electron chi connectivity index (χ4n) is 6.17. The maximum atomic E-state index is 6.44. The van der Waals surface area contributed by atoms with Crippen molar-refractivity contribution in [3.63, 3.8) is 0 Å². The molecule has 9 aromatic rings. The van der Waals surface area contributed by atoms with Gasteiger partial charge >= 0.3 is 0 Å². The molecule has 0 saturated carbocycles. The molecular weight excluding hydrogens is 490 g/mol. The number of furan rings is 1. The van der Waals surface area contributed by atoms with Gasteiger partial charge in [-0.3, -0.25) is 4.57 Å². The Hall–Kier alpha value is -5.48. The summed E-state index contributed by atoms with van der Waals surface area (Å²) in [5, 5.41) is 7.95. The van der Waals surface area contributed by atoms with Crippen molar-refractivity contribution in [2.45, 2.75) is 0 Å². The van der Waals surface area contributed by atoms with Gasteiger partial charge in [-0.15, -0.1) is 0 Å². The second kappa shape index (κ2) is 8.01. The first-order valence-electron chi connectivity index (χ1n) is 13.4. The molecule has 3 aromatic heterocycles. The summed E-state index contributed by atoms with van der Waals surface area (Å²) in [6.45, 7) is 0. The van der Waals surface area contributed by atoms with Gasteiger partial charge in [-0.2, -0.15) is 0 Å². The third-order valence-electron chi connectivity index (χ3n) is 7.99. The topological polar surface area (TPSA) is 43.9 Å². The van der Waals surface area contributed by atoms with Crippen molar-refractivity contribution in [3.8, 4) is 17.2 Å². The molecule has 0 aliphatic rings. The summed E-state index contributed by atoms with van der Waals surface area (Å²) in [6.07, 6.45) is 0. The van der Waals surface area contributed by atoms with Crippen LogP contribution in [0, 0.1) is 0 Å². The molecule has 0 N–H and O–H groups in total. The summed E-state index contributed by atoms with van der Waals surface area (Å²) < 4.78 is 8.64. The van der Waals surface area contributed by atoms with Crippen LogP contribution < -0.4 is 0 Å².